The Balaban J connectivity index is 0.000000656. The summed E-state index contributed by atoms with van der Waals surface area (Å²) >= 11 is 1.89. The van der Waals surface area contributed by atoms with Crippen LogP contribution in [0.2, 0.25) is 0 Å². The second kappa shape index (κ2) is 15.1. The predicted octanol–water partition coefficient (Wildman–Crippen LogP) is 16.7. The molecule has 0 fully saturated rings. The molecular weight excluding hydrogens is 757 g/mol. The molecule has 61 heavy (non-hydrogen) atoms. The van der Waals surface area contributed by atoms with Gasteiger partial charge in [-0.15, -0.1) is 11.3 Å². The van der Waals surface area contributed by atoms with Crippen molar-refractivity contribution in [3.05, 3.63) is 232 Å². The number of allylic oxidation sites excluding steroid dienone is 4. The Bertz CT molecular complexity index is 3680. The summed E-state index contributed by atoms with van der Waals surface area (Å²) in [6, 6.07) is 71.4. The van der Waals surface area contributed by atoms with E-state index in [0.717, 1.165) is 5.69 Å². The maximum Gasteiger partial charge on any atom is 0.0640 e. The number of para-hydroxylation sites is 2. The smallest absolute Gasteiger partial charge is 0.0640 e. The molecule has 0 amide bonds. The van der Waals surface area contributed by atoms with Crippen LogP contribution >= 0.6 is 11.3 Å². The highest BCUT2D eigenvalue weighted by Crippen LogP contribution is 2.48. The molecule has 0 N–H and O–H groups in total. The zero-order chi connectivity index (χ0) is 40.9. The summed E-state index contributed by atoms with van der Waals surface area (Å²) in [5, 5.41) is 10.2. The van der Waals surface area contributed by atoms with Crippen LogP contribution in [0, 0.1) is 0 Å². The van der Waals surface area contributed by atoms with Crippen molar-refractivity contribution in [1.82, 2.24) is 9.13 Å². The Labute approximate surface area is 358 Å². The Morgan fingerprint density at radius 3 is 1.82 bits per heavy atom. The molecule has 0 aliphatic rings. The minimum atomic E-state index is 1.16. The van der Waals surface area contributed by atoms with Gasteiger partial charge in [-0.25, -0.2) is 0 Å². The van der Waals surface area contributed by atoms with Crippen molar-refractivity contribution in [2.45, 2.75) is 0 Å². The molecule has 288 valence electrons. The number of rotatable bonds is 6. The standard InChI is InChI=1S/C52H32N2S.C6H8/c1-2-13-33(14-3-1)36-17-12-18-38(29-36)54-46-23-10-7-20-41(46)50-43(32-49-51(52(50)54)42-21-8-11-24-48(42)55-49)37-26-28-47-44(31-37)40-19-6-9-22-45(40)53(47)39-27-25-34-15-4-5-16-35(34)30-39;1-3-5-6-4-2/h1-32H;3-6H,1-2H2/b;6-5-. The molecule has 0 saturated heterocycles. The first kappa shape index (κ1) is 36.4. The summed E-state index contributed by atoms with van der Waals surface area (Å²) in [5.41, 5.74) is 12.1. The van der Waals surface area contributed by atoms with Gasteiger partial charge in [-0.1, -0.05) is 171 Å². The summed E-state index contributed by atoms with van der Waals surface area (Å²) in [6.45, 7) is 6.93. The third-order valence-electron chi connectivity index (χ3n) is 11.8. The van der Waals surface area contributed by atoms with E-state index in [4.69, 9.17) is 0 Å². The number of thiophene rings is 1. The normalized spacial score (nSPS) is 11.7. The molecule has 12 aromatic rings. The molecule has 12 rings (SSSR count). The lowest BCUT2D eigenvalue weighted by atomic mass is 9.96. The fraction of sp³-hybridized carbons (Fsp3) is 0. The number of hydrogen-bond acceptors (Lipinski definition) is 1. The van der Waals surface area contributed by atoms with Gasteiger partial charge in [0.25, 0.3) is 0 Å². The van der Waals surface area contributed by atoms with Gasteiger partial charge in [0.05, 0.1) is 22.1 Å². The number of hydrogen-bond donors (Lipinski definition) is 0. The molecule has 0 spiro atoms. The van der Waals surface area contributed by atoms with Crippen LogP contribution in [0.4, 0.5) is 0 Å². The molecule has 0 saturated carbocycles. The lowest BCUT2D eigenvalue weighted by molar-refractivity contribution is 1.19. The molecule has 3 heterocycles. The van der Waals surface area contributed by atoms with E-state index in [-0.39, 0.29) is 0 Å². The summed E-state index contributed by atoms with van der Waals surface area (Å²) in [7, 11) is 0. The van der Waals surface area contributed by atoms with Crippen molar-refractivity contribution in [3.63, 3.8) is 0 Å². The fourth-order valence-electron chi connectivity index (χ4n) is 9.21. The Morgan fingerprint density at radius 2 is 1.02 bits per heavy atom. The van der Waals surface area contributed by atoms with Crippen molar-refractivity contribution in [2.24, 2.45) is 0 Å². The maximum atomic E-state index is 3.46. The third kappa shape index (κ3) is 6.09. The first-order chi connectivity index (χ1) is 30.2. The van der Waals surface area contributed by atoms with E-state index in [1.54, 1.807) is 12.2 Å². The van der Waals surface area contributed by atoms with Crippen LogP contribution in [0.1, 0.15) is 0 Å². The van der Waals surface area contributed by atoms with Crippen molar-refractivity contribution < 1.29 is 0 Å². The minimum Gasteiger partial charge on any atom is -0.309 e. The molecule has 0 unspecified atom stereocenters. The van der Waals surface area contributed by atoms with Crippen molar-refractivity contribution >= 4 is 85.9 Å². The van der Waals surface area contributed by atoms with E-state index < -0.39 is 0 Å². The second-order valence-electron chi connectivity index (χ2n) is 15.4. The van der Waals surface area contributed by atoms with Crippen molar-refractivity contribution in [1.29, 1.82) is 0 Å². The quantitative estimate of drug-likeness (QED) is 0.148. The zero-order valence-corrected chi connectivity index (χ0v) is 34.3. The number of fused-ring (bicyclic) bond motifs is 11. The van der Waals surface area contributed by atoms with Gasteiger partial charge in [0.15, 0.2) is 0 Å². The lowest BCUT2D eigenvalue weighted by Gasteiger charge is -2.13. The van der Waals surface area contributed by atoms with Crippen LogP contribution in [-0.4, -0.2) is 9.13 Å². The Kier molecular flexibility index (Phi) is 9.03. The van der Waals surface area contributed by atoms with E-state index in [1.165, 1.54) is 102 Å². The summed E-state index contributed by atoms with van der Waals surface area (Å²) in [5.74, 6) is 0. The van der Waals surface area contributed by atoms with Crippen LogP contribution in [0.5, 0.6) is 0 Å². The minimum absolute atomic E-state index is 1.16. The molecule has 2 nitrogen and oxygen atoms in total. The summed E-state index contributed by atoms with van der Waals surface area (Å²) in [4.78, 5) is 0. The molecular formula is C58H40N2S. The van der Waals surface area contributed by atoms with Crippen LogP contribution < -0.4 is 0 Å². The lowest BCUT2D eigenvalue weighted by Crippen LogP contribution is -1.95. The number of aromatic nitrogens is 2. The molecule has 3 heteroatoms. The van der Waals surface area contributed by atoms with Crippen molar-refractivity contribution in [2.75, 3.05) is 0 Å². The van der Waals surface area contributed by atoms with E-state index in [2.05, 4.69) is 216 Å². The van der Waals surface area contributed by atoms with Gasteiger partial charge >= 0.3 is 0 Å². The van der Waals surface area contributed by atoms with Gasteiger partial charge in [0.1, 0.15) is 0 Å². The molecule has 0 bridgehead atoms. The van der Waals surface area contributed by atoms with Gasteiger partial charge in [-0.05, 0) is 93.7 Å². The number of nitrogens with zero attached hydrogens (tertiary/aromatic N) is 2. The summed E-state index contributed by atoms with van der Waals surface area (Å²) in [6.07, 6.45) is 7.07. The molecule has 0 aliphatic heterocycles. The highest BCUT2D eigenvalue weighted by Gasteiger charge is 2.23. The first-order valence-electron chi connectivity index (χ1n) is 20.7. The molecule has 0 atom stereocenters. The zero-order valence-electron chi connectivity index (χ0n) is 33.5. The maximum absolute atomic E-state index is 3.46. The third-order valence-corrected chi connectivity index (χ3v) is 13.0. The second-order valence-corrected chi connectivity index (χ2v) is 16.4. The number of benzene rings is 9. The summed E-state index contributed by atoms with van der Waals surface area (Å²) < 4.78 is 7.55. The largest absolute Gasteiger partial charge is 0.309 e. The van der Waals surface area contributed by atoms with E-state index in [1.807, 2.05) is 23.5 Å². The van der Waals surface area contributed by atoms with Crippen LogP contribution in [0.3, 0.4) is 0 Å². The van der Waals surface area contributed by atoms with E-state index >= 15 is 0 Å². The van der Waals surface area contributed by atoms with E-state index in [0.29, 0.717) is 0 Å². The van der Waals surface area contributed by atoms with Crippen LogP contribution in [0.25, 0.3) is 108 Å². The molecule has 3 aromatic heterocycles. The SMILES string of the molecule is C=C/C=C\C=C.c1ccc(-c2cccc(-n3c4ccccc4c4c(-c5ccc6c(c5)c5ccccc5n6-c5ccc6ccccc6c5)cc5sc6ccccc6c5c43)c2)cc1. The first-order valence-corrected chi connectivity index (χ1v) is 21.5. The monoisotopic (exact) mass is 796 g/mol. The van der Waals surface area contributed by atoms with Crippen LogP contribution in [0.15, 0.2) is 232 Å². The Hall–Kier alpha value is -7.72. The molecule has 9 aromatic carbocycles. The van der Waals surface area contributed by atoms with Crippen molar-refractivity contribution in [3.8, 4) is 33.6 Å². The highest BCUT2D eigenvalue weighted by molar-refractivity contribution is 7.26. The average molecular weight is 797 g/mol. The van der Waals surface area contributed by atoms with Crippen LogP contribution in [-0.2, 0) is 0 Å². The molecule has 0 aliphatic carbocycles. The van der Waals surface area contributed by atoms with Gasteiger partial charge in [0.2, 0.25) is 0 Å². The van der Waals surface area contributed by atoms with E-state index in [9.17, 15) is 0 Å². The average Bonchev–Trinajstić information content (AvgIpc) is 3.98. The van der Waals surface area contributed by atoms with Gasteiger partial charge in [-0.2, -0.15) is 0 Å². The van der Waals surface area contributed by atoms with Gasteiger partial charge in [0, 0.05) is 53.1 Å². The van der Waals surface area contributed by atoms with Gasteiger partial charge in [-0.3, -0.25) is 0 Å². The highest BCUT2D eigenvalue weighted by atomic mass is 32.1. The Morgan fingerprint density at radius 1 is 0.377 bits per heavy atom. The fourth-order valence-corrected chi connectivity index (χ4v) is 10.4. The van der Waals surface area contributed by atoms with Gasteiger partial charge < -0.3 is 9.13 Å². The molecule has 0 radical (unpaired) electrons. The predicted molar refractivity (Wildman–Crippen MR) is 266 cm³/mol. The topological polar surface area (TPSA) is 9.86 Å².